The minimum atomic E-state index is -3.14. The molecule has 0 aliphatic carbocycles. The molecular formula is C12H18BrO3P. The van der Waals surface area contributed by atoms with Gasteiger partial charge in [0.1, 0.15) is 4.57 Å². The van der Waals surface area contributed by atoms with Crippen LogP contribution in [-0.2, 0) is 13.6 Å². The lowest BCUT2D eigenvalue weighted by atomic mass is 10.2. The summed E-state index contributed by atoms with van der Waals surface area (Å²) < 4.78 is 22.7. The second-order valence-electron chi connectivity index (χ2n) is 3.63. The lowest BCUT2D eigenvalue weighted by molar-refractivity contribution is 0.219. The van der Waals surface area contributed by atoms with Crippen LogP contribution in [0.25, 0.3) is 0 Å². The first kappa shape index (κ1) is 14.9. The van der Waals surface area contributed by atoms with Crippen LogP contribution in [0.1, 0.15) is 29.5 Å². The second-order valence-corrected chi connectivity index (χ2v) is 7.36. The molecule has 1 unspecified atom stereocenters. The van der Waals surface area contributed by atoms with Crippen LogP contribution in [0.4, 0.5) is 0 Å². The van der Waals surface area contributed by atoms with Gasteiger partial charge in [-0.2, -0.15) is 0 Å². The van der Waals surface area contributed by atoms with Crippen molar-refractivity contribution < 1.29 is 13.6 Å². The van der Waals surface area contributed by atoms with Crippen LogP contribution in [0.15, 0.2) is 24.3 Å². The Morgan fingerprint density at radius 2 is 1.88 bits per heavy atom. The lowest BCUT2D eigenvalue weighted by Crippen LogP contribution is -2.02. The number of alkyl halides is 1. The molecule has 1 atom stereocenters. The van der Waals surface area contributed by atoms with Gasteiger partial charge in [0.05, 0.1) is 13.2 Å². The minimum absolute atomic E-state index is 0.366. The van der Waals surface area contributed by atoms with Gasteiger partial charge in [-0.15, -0.1) is 0 Å². The topological polar surface area (TPSA) is 35.5 Å². The standard InChI is InChI=1S/C12H18BrO3P/c1-4-15-17(14,16-5-2)12(13)11-8-6-7-10(3)9-11/h6-9,12H,4-5H2,1-3H3. The van der Waals surface area contributed by atoms with Gasteiger partial charge in [0.25, 0.3) is 0 Å². The van der Waals surface area contributed by atoms with E-state index in [0.717, 1.165) is 11.1 Å². The zero-order valence-electron chi connectivity index (χ0n) is 10.4. The van der Waals surface area contributed by atoms with E-state index >= 15 is 0 Å². The van der Waals surface area contributed by atoms with Crippen LogP contribution < -0.4 is 0 Å². The summed E-state index contributed by atoms with van der Waals surface area (Å²) in [4.78, 5) is 0. The molecule has 1 aromatic carbocycles. The van der Waals surface area contributed by atoms with Crippen LogP contribution in [0.3, 0.4) is 0 Å². The SMILES string of the molecule is CCOP(=O)(OCC)C(Br)c1cccc(C)c1. The highest BCUT2D eigenvalue weighted by Crippen LogP contribution is 2.63. The molecule has 1 rings (SSSR count). The molecule has 0 bridgehead atoms. The highest BCUT2D eigenvalue weighted by molar-refractivity contribution is 9.10. The molecule has 0 aliphatic rings. The molecule has 0 spiro atoms. The minimum Gasteiger partial charge on any atom is -0.308 e. The molecule has 0 aliphatic heterocycles. The van der Waals surface area contributed by atoms with Gasteiger partial charge in [-0.3, -0.25) is 4.57 Å². The van der Waals surface area contributed by atoms with Crippen molar-refractivity contribution in [3.63, 3.8) is 0 Å². The highest BCUT2D eigenvalue weighted by atomic mass is 79.9. The molecule has 0 radical (unpaired) electrons. The molecule has 0 fully saturated rings. The molecule has 0 amide bonds. The van der Waals surface area contributed by atoms with E-state index in [1.807, 2.05) is 45.0 Å². The van der Waals surface area contributed by atoms with E-state index in [2.05, 4.69) is 15.9 Å². The third-order valence-electron chi connectivity index (χ3n) is 2.21. The molecule has 0 aromatic heterocycles. The summed E-state index contributed by atoms with van der Waals surface area (Å²) in [6.07, 6.45) is 0. The van der Waals surface area contributed by atoms with Crippen molar-refractivity contribution in [2.45, 2.75) is 25.3 Å². The Kier molecular flexibility index (Phi) is 5.87. The number of hydrogen-bond donors (Lipinski definition) is 0. The first-order chi connectivity index (χ1) is 8.03. The van der Waals surface area contributed by atoms with Gasteiger partial charge in [0.2, 0.25) is 0 Å². The van der Waals surface area contributed by atoms with Crippen LogP contribution in [0.5, 0.6) is 0 Å². The molecule has 5 heteroatoms. The monoisotopic (exact) mass is 320 g/mol. The number of rotatable bonds is 6. The Morgan fingerprint density at radius 1 is 1.29 bits per heavy atom. The molecule has 0 saturated heterocycles. The Labute approximate surface area is 111 Å². The normalized spacial score (nSPS) is 13.6. The number of benzene rings is 1. The summed E-state index contributed by atoms with van der Waals surface area (Å²) in [6.45, 7) is 6.34. The Bertz CT molecular complexity index is 398. The predicted octanol–water partition coefficient (Wildman–Crippen LogP) is 4.65. The van der Waals surface area contributed by atoms with Gasteiger partial charge < -0.3 is 9.05 Å². The van der Waals surface area contributed by atoms with E-state index in [-0.39, 0.29) is 0 Å². The second kappa shape index (κ2) is 6.69. The van der Waals surface area contributed by atoms with Crippen molar-refractivity contribution in [3.05, 3.63) is 35.4 Å². The van der Waals surface area contributed by atoms with Crippen molar-refractivity contribution in [2.75, 3.05) is 13.2 Å². The van der Waals surface area contributed by atoms with E-state index in [1.54, 1.807) is 0 Å². The summed E-state index contributed by atoms with van der Waals surface area (Å²) >= 11 is 3.43. The van der Waals surface area contributed by atoms with Crippen LogP contribution >= 0.6 is 23.5 Å². The molecule has 96 valence electrons. The van der Waals surface area contributed by atoms with Gasteiger partial charge in [0, 0.05) is 0 Å². The van der Waals surface area contributed by atoms with Gasteiger partial charge >= 0.3 is 7.60 Å². The van der Waals surface area contributed by atoms with Crippen LogP contribution in [0.2, 0.25) is 0 Å². The van der Waals surface area contributed by atoms with Crippen molar-refractivity contribution in [3.8, 4) is 0 Å². The smallest absolute Gasteiger partial charge is 0.308 e. The average Bonchev–Trinajstić information content (AvgIpc) is 2.28. The quantitative estimate of drug-likeness (QED) is 0.565. The highest BCUT2D eigenvalue weighted by Gasteiger charge is 2.34. The summed E-state index contributed by atoms with van der Waals surface area (Å²) in [5, 5.41) is 0. The maximum absolute atomic E-state index is 12.5. The van der Waals surface area contributed by atoms with Crippen molar-refractivity contribution in [1.82, 2.24) is 0 Å². The third-order valence-corrected chi connectivity index (χ3v) is 6.34. The Balaban J connectivity index is 2.99. The fraction of sp³-hybridized carbons (Fsp3) is 0.500. The zero-order chi connectivity index (χ0) is 12.9. The lowest BCUT2D eigenvalue weighted by Gasteiger charge is -2.22. The predicted molar refractivity (Wildman–Crippen MR) is 73.7 cm³/mol. The van der Waals surface area contributed by atoms with Gasteiger partial charge in [-0.05, 0) is 26.3 Å². The number of hydrogen-bond acceptors (Lipinski definition) is 3. The Hall–Kier alpha value is -0.150. The van der Waals surface area contributed by atoms with Gasteiger partial charge in [0.15, 0.2) is 0 Å². The summed E-state index contributed by atoms with van der Waals surface area (Å²) in [5.41, 5.74) is 2.03. The van der Waals surface area contributed by atoms with Crippen molar-refractivity contribution >= 4 is 23.5 Å². The van der Waals surface area contributed by atoms with E-state index in [0.29, 0.717) is 13.2 Å². The van der Waals surface area contributed by atoms with Gasteiger partial charge in [-0.1, -0.05) is 45.8 Å². The Morgan fingerprint density at radius 3 is 2.35 bits per heavy atom. The van der Waals surface area contributed by atoms with E-state index in [1.165, 1.54) is 0 Å². The molecule has 0 heterocycles. The van der Waals surface area contributed by atoms with Gasteiger partial charge in [-0.25, -0.2) is 0 Å². The van der Waals surface area contributed by atoms with E-state index < -0.39 is 12.2 Å². The van der Waals surface area contributed by atoms with Crippen molar-refractivity contribution in [1.29, 1.82) is 0 Å². The summed E-state index contributed by atoms with van der Waals surface area (Å²) in [6, 6.07) is 7.82. The molecular weight excluding hydrogens is 303 g/mol. The largest absolute Gasteiger partial charge is 0.348 e. The molecule has 1 aromatic rings. The zero-order valence-corrected chi connectivity index (χ0v) is 12.8. The third kappa shape index (κ3) is 3.92. The number of halogens is 1. The maximum Gasteiger partial charge on any atom is 0.348 e. The first-order valence-corrected chi connectivity index (χ1v) is 8.15. The average molecular weight is 321 g/mol. The fourth-order valence-corrected chi connectivity index (χ4v) is 4.10. The van der Waals surface area contributed by atoms with Crippen LogP contribution in [-0.4, -0.2) is 13.2 Å². The number of aryl methyl sites for hydroxylation is 1. The molecule has 3 nitrogen and oxygen atoms in total. The van der Waals surface area contributed by atoms with Crippen molar-refractivity contribution in [2.24, 2.45) is 0 Å². The first-order valence-electron chi connectivity index (χ1n) is 5.63. The van der Waals surface area contributed by atoms with Crippen LogP contribution in [0, 0.1) is 6.92 Å². The molecule has 17 heavy (non-hydrogen) atoms. The maximum atomic E-state index is 12.5. The van der Waals surface area contributed by atoms with E-state index in [9.17, 15) is 4.57 Å². The molecule has 0 saturated carbocycles. The summed E-state index contributed by atoms with van der Waals surface area (Å²) in [7, 11) is -3.14. The summed E-state index contributed by atoms with van der Waals surface area (Å²) in [5.74, 6) is 0. The van der Waals surface area contributed by atoms with E-state index in [4.69, 9.17) is 9.05 Å². The fourth-order valence-electron chi connectivity index (χ4n) is 1.53. The molecule has 0 N–H and O–H groups in total.